The van der Waals surface area contributed by atoms with Gasteiger partial charge in [-0.1, -0.05) is 44.2 Å². The average molecular weight is 469 g/mol. The molecule has 0 bridgehead atoms. The van der Waals surface area contributed by atoms with Crippen LogP contribution in [0.5, 0.6) is 11.5 Å². The molecule has 0 radical (unpaired) electrons. The molecule has 0 heterocycles. The van der Waals surface area contributed by atoms with Crippen molar-refractivity contribution < 1.29 is 9.47 Å². The van der Waals surface area contributed by atoms with Crippen molar-refractivity contribution in [1.82, 2.24) is 0 Å². The maximum Gasteiger partial charge on any atom is 0.193 e. The maximum atomic E-state index is 6.04. The van der Waals surface area contributed by atoms with Crippen molar-refractivity contribution >= 4 is 35.6 Å². The summed E-state index contributed by atoms with van der Waals surface area (Å²) < 4.78 is 10.5. The van der Waals surface area contributed by atoms with Crippen LogP contribution >= 0.6 is 24.0 Å². The summed E-state index contributed by atoms with van der Waals surface area (Å²) in [4.78, 5) is 4.50. The van der Waals surface area contributed by atoms with Crippen LogP contribution in [-0.2, 0) is 6.42 Å². The summed E-state index contributed by atoms with van der Waals surface area (Å²) in [5, 5.41) is 3.10. The molecular formula is C20H28IN3O2. The molecule has 0 aliphatic carbocycles. The molecule has 5 nitrogen and oxygen atoms in total. The predicted molar refractivity (Wildman–Crippen MR) is 119 cm³/mol. The predicted octanol–water partition coefficient (Wildman–Crippen LogP) is 4.32. The van der Waals surface area contributed by atoms with Gasteiger partial charge in [0.05, 0.1) is 14.2 Å². The fraction of sp³-hybridized carbons (Fsp3) is 0.350. The molecule has 3 N–H and O–H groups in total. The molecule has 0 unspecified atom stereocenters. The van der Waals surface area contributed by atoms with Gasteiger partial charge >= 0.3 is 0 Å². The maximum absolute atomic E-state index is 6.04. The molecule has 0 aliphatic heterocycles. The van der Waals surface area contributed by atoms with Gasteiger partial charge in [0.25, 0.3) is 0 Å². The van der Waals surface area contributed by atoms with E-state index in [1.165, 1.54) is 5.56 Å². The number of benzene rings is 2. The number of guanidine groups is 1. The lowest BCUT2D eigenvalue weighted by Gasteiger charge is -2.22. The first kappa shape index (κ1) is 22.1. The number of ether oxygens (including phenoxy) is 2. The Labute approximate surface area is 173 Å². The highest BCUT2D eigenvalue weighted by Crippen LogP contribution is 2.29. The number of anilines is 1. The van der Waals surface area contributed by atoms with Crippen LogP contribution < -0.4 is 20.5 Å². The number of rotatable bonds is 7. The Bertz CT molecular complexity index is 718. The second kappa shape index (κ2) is 10.3. The molecule has 0 saturated heterocycles. The Balaban J connectivity index is 0.00000338. The van der Waals surface area contributed by atoms with E-state index in [0.29, 0.717) is 24.0 Å². The highest BCUT2D eigenvalue weighted by molar-refractivity contribution is 14.0. The summed E-state index contributed by atoms with van der Waals surface area (Å²) >= 11 is 0. The minimum absolute atomic E-state index is 0. The minimum Gasteiger partial charge on any atom is -0.493 e. The van der Waals surface area contributed by atoms with E-state index in [1.807, 2.05) is 24.3 Å². The Morgan fingerprint density at radius 3 is 2.31 bits per heavy atom. The van der Waals surface area contributed by atoms with E-state index >= 15 is 0 Å². The van der Waals surface area contributed by atoms with Gasteiger partial charge in [0.1, 0.15) is 0 Å². The zero-order chi connectivity index (χ0) is 18.3. The molecule has 2 aromatic rings. The van der Waals surface area contributed by atoms with E-state index in [4.69, 9.17) is 15.2 Å². The zero-order valence-corrected chi connectivity index (χ0v) is 18.1. The molecule has 142 valence electrons. The van der Waals surface area contributed by atoms with Gasteiger partial charge in [-0.05, 0) is 29.5 Å². The lowest BCUT2D eigenvalue weighted by molar-refractivity contribution is 0.355. The first-order valence-corrected chi connectivity index (χ1v) is 8.26. The Morgan fingerprint density at radius 2 is 1.69 bits per heavy atom. The lowest BCUT2D eigenvalue weighted by atomic mass is 9.86. The smallest absolute Gasteiger partial charge is 0.193 e. The molecule has 0 aromatic heterocycles. The van der Waals surface area contributed by atoms with Crippen LogP contribution in [0.3, 0.4) is 0 Å². The molecule has 0 aliphatic rings. The molecule has 6 heteroatoms. The number of halogens is 1. The number of nitrogens with two attached hydrogens (primary N) is 1. The summed E-state index contributed by atoms with van der Waals surface area (Å²) in [5.41, 5.74) is 8.16. The highest BCUT2D eigenvalue weighted by Gasteiger charge is 2.18. The van der Waals surface area contributed by atoms with Crippen molar-refractivity contribution in [3.8, 4) is 11.5 Å². The zero-order valence-electron chi connectivity index (χ0n) is 15.8. The fourth-order valence-corrected chi connectivity index (χ4v) is 2.60. The minimum atomic E-state index is 0. The first-order valence-electron chi connectivity index (χ1n) is 8.26. The Hall–Kier alpha value is -1.96. The molecule has 2 aromatic carbocycles. The molecule has 0 amide bonds. The summed E-state index contributed by atoms with van der Waals surface area (Å²) in [6.07, 6.45) is 0.945. The molecule has 0 saturated carbocycles. The molecular weight excluding hydrogens is 441 g/mol. The summed E-state index contributed by atoms with van der Waals surface area (Å²) in [6, 6.07) is 15.9. The van der Waals surface area contributed by atoms with E-state index in [0.717, 1.165) is 12.1 Å². The average Bonchev–Trinajstić information content (AvgIpc) is 2.60. The van der Waals surface area contributed by atoms with Gasteiger partial charge in [-0.25, -0.2) is 0 Å². The van der Waals surface area contributed by atoms with Crippen molar-refractivity contribution in [1.29, 1.82) is 0 Å². The number of hydrogen-bond acceptors (Lipinski definition) is 3. The highest BCUT2D eigenvalue weighted by atomic mass is 127. The summed E-state index contributed by atoms with van der Waals surface area (Å²) in [5.74, 6) is 1.70. The van der Waals surface area contributed by atoms with Gasteiger partial charge in [0.2, 0.25) is 0 Å². The van der Waals surface area contributed by atoms with Gasteiger partial charge < -0.3 is 20.5 Å². The van der Waals surface area contributed by atoms with Gasteiger partial charge in [0.15, 0.2) is 17.5 Å². The van der Waals surface area contributed by atoms with E-state index in [-0.39, 0.29) is 29.4 Å². The van der Waals surface area contributed by atoms with Gasteiger partial charge in [-0.15, -0.1) is 24.0 Å². The van der Waals surface area contributed by atoms with Crippen LogP contribution in [0.15, 0.2) is 53.5 Å². The van der Waals surface area contributed by atoms with E-state index < -0.39 is 0 Å². The van der Waals surface area contributed by atoms with Crippen molar-refractivity contribution in [2.24, 2.45) is 16.1 Å². The quantitative estimate of drug-likeness (QED) is 0.360. The van der Waals surface area contributed by atoms with E-state index in [9.17, 15) is 0 Å². The van der Waals surface area contributed by atoms with Crippen LogP contribution in [0.25, 0.3) is 0 Å². The normalized spacial score (nSPS) is 11.5. The SMILES string of the molecule is COc1ccc(NC(N)=NCC(C)(C)Cc2ccccc2)cc1OC.I. The molecule has 0 atom stereocenters. The van der Waals surface area contributed by atoms with Crippen LogP contribution in [-0.4, -0.2) is 26.7 Å². The Morgan fingerprint density at radius 1 is 1.04 bits per heavy atom. The van der Waals surface area contributed by atoms with Crippen LogP contribution in [0.4, 0.5) is 5.69 Å². The third-order valence-corrected chi connectivity index (χ3v) is 3.86. The molecule has 2 rings (SSSR count). The number of aliphatic imine (C=N–C) groups is 1. The first-order chi connectivity index (χ1) is 11.9. The van der Waals surface area contributed by atoms with Crippen LogP contribution in [0, 0.1) is 5.41 Å². The molecule has 0 fully saturated rings. The number of nitrogens with zero attached hydrogens (tertiary/aromatic N) is 1. The molecule has 0 spiro atoms. The van der Waals surface area contributed by atoms with Gasteiger partial charge in [0, 0.05) is 18.3 Å². The van der Waals surface area contributed by atoms with Crippen molar-refractivity contribution in [3.05, 3.63) is 54.1 Å². The number of methoxy groups -OCH3 is 2. The Kier molecular flexibility index (Phi) is 8.71. The van der Waals surface area contributed by atoms with Crippen LogP contribution in [0.2, 0.25) is 0 Å². The fourth-order valence-electron chi connectivity index (χ4n) is 2.60. The summed E-state index contributed by atoms with van der Waals surface area (Å²) in [6.45, 7) is 5.01. The van der Waals surface area contributed by atoms with Crippen LogP contribution in [0.1, 0.15) is 19.4 Å². The second-order valence-corrected chi connectivity index (χ2v) is 6.72. The number of hydrogen-bond donors (Lipinski definition) is 2. The number of nitrogens with one attached hydrogen (secondary N) is 1. The molecule has 26 heavy (non-hydrogen) atoms. The van der Waals surface area contributed by atoms with Gasteiger partial charge in [-0.2, -0.15) is 0 Å². The van der Waals surface area contributed by atoms with Crippen molar-refractivity contribution in [2.75, 3.05) is 26.1 Å². The second-order valence-electron chi connectivity index (χ2n) is 6.72. The van der Waals surface area contributed by atoms with Crippen molar-refractivity contribution in [2.45, 2.75) is 20.3 Å². The third-order valence-electron chi connectivity index (χ3n) is 3.86. The lowest BCUT2D eigenvalue weighted by Crippen LogP contribution is -2.26. The largest absolute Gasteiger partial charge is 0.493 e. The monoisotopic (exact) mass is 469 g/mol. The van der Waals surface area contributed by atoms with Crippen molar-refractivity contribution in [3.63, 3.8) is 0 Å². The summed E-state index contributed by atoms with van der Waals surface area (Å²) in [7, 11) is 3.21. The topological polar surface area (TPSA) is 68.9 Å². The third kappa shape index (κ3) is 6.74. The van der Waals surface area contributed by atoms with Gasteiger partial charge in [-0.3, -0.25) is 4.99 Å². The van der Waals surface area contributed by atoms with E-state index in [2.05, 4.69) is 48.4 Å². The standard InChI is InChI=1S/C20H27N3O2.HI/c1-20(2,13-15-8-6-5-7-9-15)14-22-19(21)23-16-10-11-17(24-3)18(12-16)25-4;/h5-12H,13-14H2,1-4H3,(H3,21,22,23);1H. The van der Waals surface area contributed by atoms with E-state index in [1.54, 1.807) is 14.2 Å².